The van der Waals surface area contributed by atoms with Crippen molar-refractivity contribution in [3.63, 3.8) is 0 Å². The first kappa shape index (κ1) is 21.1. The van der Waals surface area contributed by atoms with Gasteiger partial charge in [-0.15, -0.1) is 0 Å². The second kappa shape index (κ2) is 9.75. The van der Waals surface area contributed by atoms with Gasteiger partial charge < -0.3 is 24.5 Å². The molecule has 3 aromatic rings. The molecule has 1 aliphatic heterocycles. The second-order valence-corrected chi connectivity index (χ2v) is 7.65. The molecule has 4 rings (SSSR count). The zero-order valence-electron chi connectivity index (χ0n) is 17.6. The van der Waals surface area contributed by atoms with Crippen molar-refractivity contribution in [1.82, 2.24) is 15.6 Å². The molecule has 2 N–H and O–H groups in total. The molecule has 2 aromatic carbocycles. The van der Waals surface area contributed by atoms with Crippen molar-refractivity contribution in [2.24, 2.45) is 4.99 Å². The van der Waals surface area contributed by atoms with Crippen molar-refractivity contribution in [3.8, 4) is 23.0 Å². The van der Waals surface area contributed by atoms with E-state index < -0.39 is 0 Å². The topological polar surface area (TPSA) is 80.9 Å². The third-order valence-corrected chi connectivity index (χ3v) is 5.11. The van der Waals surface area contributed by atoms with Gasteiger partial charge >= 0.3 is 0 Å². The molecule has 2 heterocycles. The fourth-order valence-electron chi connectivity index (χ4n) is 3.18. The molecule has 31 heavy (non-hydrogen) atoms. The highest BCUT2D eigenvalue weighted by Gasteiger charge is 2.16. The molecule has 0 unspecified atom stereocenters. The number of benzene rings is 2. The van der Waals surface area contributed by atoms with E-state index in [2.05, 4.69) is 20.6 Å². The average Bonchev–Trinajstić information content (AvgIpc) is 3.11. The summed E-state index contributed by atoms with van der Waals surface area (Å²) in [6.07, 6.45) is 2.49. The summed E-state index contributed by atoms with van der Waals surface area (Å²) in [4.78, 5) is 8.81. The molecular formula is C23H25ClN4O3. The van der Waals surface area contributed by atoms with Crippen LogP contribution in [-0.4, -0.2) is 31.2 Å². The Morgan fingerprint density at radius 2 is 1.87 bits per heavy atom. The Hall–Kier alpha value is -3.19. The molecule has 0 spiro atoms. The minimum Gasteiger partial charge on any atom is -0.489 e. The summed E-state index contributed by atoms with van der Waals surface area (Å²) in [5, 5.41) is 7.07. The number of fused-ring (bicyclic) bond motifs is 1. The third kappa shape index (κ3) is 5.30. The minimum atomic E-state index is 0.483. The standard InChI is InChI=1S/C23H25ClN4O3/c1-15-4-6-17(7-5-15)22-28-18(14-31-22)13-27-23(25-2)26-12-16-10-19(24)21-20(11-16)29-8-3-9-30-21/h4-7,10-11,14H,3,8-9,12-13H2,1-2H3,(H2,25,26,27). The van der Waals surface area contributed by atoms with Crippen LogP contribution in [0.5, 0.6) is 11.5 Å². The van der Waals surface area contributed by atoms with E-state index in [4.69, 9.17) is 25.5 Å². The molecule has 0 fully saturated rings. The molecule has 162 valence electrons. The van der Waals surface area contributed by atoms with Gasteiger partial charge in [-0.1, -0.05) is 29.3 Å². The van der Waals surface area contributed by atoms with Crippen molar-refractivity contribution in [2.45, 2.75) is 26.4 Å². The fourth-order valence-corrected chi connectivity index (χ4v) is 3.47. The van der Waals surface area contributed by atoms with E-state index >= 15 is 0 Å². The Kier molecular flexibility index (Phi) is 6.62. The van der Waals surface area contributed by atoms with Crippen LogP contribution in [0.4, 0.5) is 0 Å². The predicted octanol–water partition coefficient (Wildman–Crippen LogP) is 4.33. The molecule has 8 heteroatoms. The van der Waals surface area contributed by atoms with Crippen LogP contribution in [-0.2, 0) is 13.1 Å². The number of nitrogens with one attached hydrogen (secondary N) is 2. The molecule has 0 aliphatic carbocycles. The van der Waals surface area contributed by atoms with Crippen molar-refractivity contribution in [3.05, 3.63) is 64.5 Å². The quantitative estimate of drug-likeness (QED) is 0.454. The number of halogens is 1. The highest BCUT2D eigenvalue weighted by molar-refractivity contribution is 6.32. The Bertz CT molecular complexity index is 1060. The molecule has 0 saturated carbocycles. The van der Waals surface area contributed by atoms with E-state index in [1.54, 1.807) is 13.3 Å². The summed E-state index contributed by atoms with van der Waals surface area (Å²) in [5.41, 5.74) is 3.91. The summed E-state index contributed by atoms with van der Waals surface area (Å²) in [5.74, 6) is 2.53. The first-order valence-electron chi connectivity index (χ1n) is 10.2. The number of nitrogens with zero attached hydrogens (tertiary/aromatic N) is 2. The molecule has 7 nitrogen and oxygen atoms in total. The van der Waals surface area contributed by atoms with Gasteiger partial charge in [-0.05, 0) is 36.8 Å². The van der Waals surface area contributed by atoms with Crippen LogP contribution in [0.3, 0.4) is 0 Å². The molecule has 0 bridgehead atoms. The lowest BCUT2D eigenvalue weighted by Gasteiger charge is -2.14. The summed E-state index contributed by atoms with van der Waals surface area (Å²) in [6.45, 7) is 4.29. The predicted molar refractivity (Wildman–Crippen MR) is 121 cm³/mol. The van der Waals surface area contributed by atoms with E-state index in [9.17, 15) is 0 Å². The summed E-state index contributed by atoms with van der Waals surface area (Å²) in [7, 11) is 1.72. The molecule has 1 aliphatic rings. The maximum absolute atomic E-state index is 6.37. The first-order chi connectivity index (χ1) is 15.1. The number of aliphatic imine (C=N–C) groups is 1. The van der Waals surface area contributed by atoms with Gasteiger partial charge in [0.15, 0.2) is 17.5 Å². The van der Waals surface area contributed by atoms with E-state index in [1.165, 1.54) is 5.56 Å². The van der Waals surface area contributed by atoms with Gasteiger partial charge in [-0.2, -0.15) is 0 Å². The largest absolute Gasteiger partial charge is 0.489 e. The molecule has 0 atom stereocenters. The number of rotatable bonds is 5. The molecule has 0 saturated heterocycles. The maximum Gasteiger partial charge on any atom is 0.226 e. The third-order valence-electron chi connectivity index (χ3n) is 4.83. The number of aryl methyl sites for hydroxylation is 1. The van der Waals surface area contributed by atoms with E-state index in [0.29, 0.717) is 54.7 Å². The Morgan fingerprint density at radius 1 is 1.10 bits per heavy atom. The lowest BCUT2D eigenvalue weighted by molar-refractivity contribution is 0.297. The van der Waals surface area contributed by atoms with Crippen LogP contribution in [0.25, 0.3) is 11.5 Å². The Labute approximate surface area is 186 Å². The van der Waals surface area contributed by atoms with Gasteiger partial charge in [-0.25, -0.2) is 4.98 Å². The molecular weight excluding hydrogens is 416 g/mol. The monoisotopic (exact) mass is 440 g/mol. The fraction of sp³-hybridized carbons (Fsp3) is 0.304. The average molecular weight is 441 g/mol. The molecule has 0 amide bonds. The molecule has 1 aromatic heterocycles. The van der Waals surface area contributed by atoms with Gasteiger partial charge in [-0.3, -0.25) is 4.99 Å². The van der Waals surface area contributed by atoms with E-state index in [1.807, 2.05) is 43.3 Å². The Morgan fingerprint density at radius 3 is 2.68 bits per heavy atom. The van der Waals surface area contributed by atoms with Crippen molar-refractivity contribution < 1.29 is 13.9 Å². The number of oxazole rings is 1. The smallest absolute Gasteiger partial charge is 0.226 e. The van der Waals surface area contributed by atoms with Gasteiger partial charge in [0, 0.05) is 25.6 Å². The normalized spacial score (nSPS) is 13.6. The van der Waals surface area contributed by atoms with E-state index in [0.717, 1.165) is 23.2 Å². The number of hydrogen-bond donors (Lipinski definition) is 2. The van der Waals surface area contributed by atoms with Gasteiger partial charge in [0.1, 0.15) is 6.26 Å². The maximum atomic E-state index is 6.37. The van der Waals surface area contributed by atoms with Crippen LogP contribution in [0.2, 0.25) is 5.02 Å². The number of guanidine groups is 1. The Balaban J connectivity index is 1.34. The summed E-state index contributed by atoms with van der Waals surface area (Å²) >= 11 is 6.37. The summed E-state index contributed by atoms with van der Waals surface area (Å²) < 4.78 is 17.0. The highest BCUT2D eigenvalue weighted by atomic mass is 35.5. The SMILES string of the molecule is CN=C(NCc1cc(Cl)c2c(c1)OCCCO2)NCc1coc(-c2ccc(C)cc2)n1. The van der Waals surface area contributed by atoms with Crippen molar-refractivity contribution >= 4 is 17.6 Å². The van der Waals surface area contributed by atoms with Gasteiger partial charge in [0.25, 0.3) is 0 Å². The lowest BCUT2D eigenvalue weighted by atomic mass is 10.1. The molecule has 0 radical (unpaired) electrons. The van der Waals surface area contributed by atoms with Crippen molar-refractivity contribution in [1.29, 1.82) is 0 Å². The number of hydrogen-bond acceptors (Lipinski definition) is 5. The number of ether oxygens (including phenoxy) is 2. The highest BCUT2D eigenvalue weighted by Crippen LogP contribution is 2.37. The number of aromatic nitrogens is 1. The summed E-state index contributed by atoms with van der Waals surface area (Å²) in [6, 6.07) is 11.9. The lowest BCUT2D eigenvalue weighted by Crippen LogP contribution is -2.36. The van der Waals surface area contributed by atoms with Crippen LogP contribution < -0.4 is 20.1 Å². The van der Waals surface area contributed by atoms with Crippen LogP contribution in [0.15, 0.2) is 52.1 Å². The van der Waals surface area contributed by atoms with Gasteiger partial charge in [0.2, 0.25) is 5.89 Å². The minimum absolute atomic E-state index is 0.483. The zero-order chi connectivity index (χ0) is 21.6. The van der Waals surface area contributed by atoms with Crippen LogP contribution in [0.1, 0.15) is 23.2 Å². The van der Waals surface area contributed by atoms with Crippen LogP contribution in [0, 0.1) is 6.92 Å². The zero-order valence-corrected chi connectivity index (χ0v) is 18.3. The first-order valence-corrected chi connectivity index (χ1v) is 10.5. The second-order valence-electron chi connectivity index (χ2n) is 7.24. The van der Waals surface area contributed by atoms with E-state index in [-0.39, 0.29) is 0 Å². The van der Waals surface area contributed by atoms with Crippen LogP contribution >= 0.6 is 11.6 Å². The van der Waals surface area contributed by atoms with Gasteiger partial charge in [0.05, 0.1) is 30.5 Å². The van der Waals surface area contributed by atoms with Crippen molar-refractivity contribution in [2.75, 3.05) is 20.3 Å².